The molecule has 1 rings (SSSR count). The summed E-state index contributed by atoms with van der Waals surface area (Å²) >= 11 is 0. The fourth-order valence-corrected chi connectivity index (χ4v) is 0.956. The van der Waals surface area contributed by atoms with Gasteiger partial charge in [0.05, 0.1) is 24.5 Å². The summed E-state index contributed by atoms with van der Waals surface area (Å²) < 4.78 is 30.1. The standard InChI is InChI=1S/C8H10F2N2O.ClH/c1-13-4-7(11)8-6(10)2-5(9)3-12-8;/h2-3,7H,4,11H2,1H3;1H. The molecule has 0 aliphatic heterocycles. The zero-order valence-corrected chi connectivity index (χ0v) is 8.35. The number of pyridine rings is 1. The van der Waals surface area contributed by atoms with Gasteiger partial charge in [0.2, 0.25) is 0 Å². The normalized spacial score (nSPS) is 12.0. The van der Waals surface area contributed by atoms with Crippen LogP contribution in [0.3, 0.4) is 0 Å². The molecule has 0 aromatic carbocycles. The zero-order chi connectivity index (χ0) is 9.84. The summed E-state index contributed by atoms with van der Waals surface area (Å²) in [5.41, 5.74) is 5.52. The van der Waals surface area contributed by atoms with Crippen molar-refractivity contribution < 1.29 is 13.5 Å². The van der Waals surface area contributed by atoms with E-state index in [-0.39, 0.29) is 24.7 Å². The number of hydrogen-bond acceptors (Lipinski definition) is 3. The Morgan fingerprint density at radius 2 is 2.21 bits per heavy atom. The molecule has 0 saturated heterocycles. The summed E-state index contributed by atoms with van der Waals surface area (Å²) in [5.74, 6) is -1.46. The first-order valence-electron chi connectivity index (χ1n) is 3.70. The van der Waals surface area contributed by atoms with Gasteiger partial charge in [-0.1, -0.05) is 0 Å². The second-order valence-electron chi connectivity index (χ2n) is 2.58. The first kappa shape index (κ1) is 13.2. The predicted octanol–water partition coefficient (Wildman–Crippen LogP) is 1.43. The summed E-state index contributed by atoms with van der Waals surface area (Å²) in [7, 11) is 1.45. The lowest BCUT2D eigenvalue weighted by molar-refractivity contribution is 0.178. The third-order valence-electron chi connectivity index (χ3n) is 1.53. The third-order valence-corrected chi connectivity index (χ3v) is 1.53. The maximum atomic E-state index is 13.0. The molecule has 6 heteroatoms. The van der Waals surface area contributed by atoms with Gasteiger partial charge in [-0.3, -0.25) is 4.98 Å². The Balaban J connectivity index is 0.00000169. The van der Waals surface area contributed by atoms with Crippen molar-refractivity contribution in [1.82, 2.24) is 4.98 Å². The highest BCUT2D eigenvalue weighted by atomic mass is 35.5. The maximum Gasteiger partial charge on any atom is 0.149 e. The average molecular weight is 225 g/mol. The molecule has 14 heavy (non-hydrogen) atoms. The predicted molar refractivity (Wildman–Crippen MR) is 50.2 cm³/mol. The highest BCUT2D eigenvalue weighted by Crippen LogP contribution is 2.12. The van der Waals surface area contributed by atoms with Gasteiger partial charge in [0, 0.05) is 13.2 Å². The van der Waals surface area contributed by atoms with E-state index in [2.05, 4.69) is 4.98 Å². The maximum absolute atomic E-state index is 13.0. The minimum absolute atomic E-state index is 0. The number of nitrogens with two attached hydrogens (primary N) is 1. The number of ether oxygens (including phenoxy) is 1. The van der Waals surface area contributed by atoms with Gasteiger partial charge in [-0.05, 0) is 0 Å². The minimum Gasteiger partial charge on any atom is -0.383 e. The fourth-order valence-electron chi connectivity index (χ4n) is 0.956. The van der Waals surface area contributed by atoms with Crippen molar-refractivity contribution in [3.63, 3.8) is 0 Å². The second kappa shape index (κ2) is 5.85. The molecular formula is C8H11ClF2N2O. The largest absolute Gasteiger partial charge is 0.383 e. The van der Waals surface area contributed by atoms with Crippen LogP contribution in [-0.4, -0.2) is 18.7 Å². The van der Waals surface area contributed by atoms with Gasteiger partial charge in [-0.15, -0.1) is 12.4 Å². The van der Waals surface area contributed by atoms with Crippen molar-refractivity contribution >= 4 is 12.4 Å². The fraction of sp³-hybridized carbons (Fsp3) is 0.375. The van der Waals surface area contributed by atoms with E-state index in [1.54, 1.807) is 0 Å². The molecule has 1 heterocycles. The lowest BCUT2D eigenvalue weighted by Gasteiger charge is -2.09. The van der Waals surface area contributed by atoms with Gasteiger partial charge >= 0.3 is 0 Å². The smallest absolute Gasteiger partial charge is 0.149 e. The van der Waals surface area contributed by atoms with E-state index in [0.29, 0.717) is 0 Å². The van der Waals surface area contributed by atoms with Gasteiger partial charge < -0.3 is 10.5 Å². The topological polar surface area (TPSA) is 48.1 Å². The Hall–Kier alpha value is -0.780. The summed E-state index contributed by atoms with van der Waals surface area (Å²) in [6, 6.07) is 0.0864. The second-order valence-corrected chi connectivity index (χ2v) is 2.58. The number of halogens is 3. The molecule has 0 bridgehead atoms. The first-order chi connectivity index (χ1) is 6.15. The van der Waals surface area contributed by atoms with Crippen molar-refractivity contribution in [2.24, 2.45) is 5.73 Å². The van der Waals surface area contributed by atoms with Gasteiger partial charge in [0.1, 0.15) is 11.6 Å². The molecular weight excluding hydrogens is 214 g/mol. The van der Waals surface area contributed by atoms with Crippen LogP contribution in [0.15, 0.2) is 12.3 Å². The van der Waals surface area contributed by atoms with Gasteiger partial charge in [-0.25, -0.2) is 8.78 Å². The molecule has 1 aromatic heterocycles. The van der Waals surface area contributed by atoms with Crippen molar-refractivity contribution in [2.45, 2.75) is 6.04 Å². The quantitative estimate of drug-likeness (QED) is 0.845. The van der Waals surface area contributed by atoms with Crippen LogP contribution in [0.2, 0.25) is 0 Å². The summed E-state index contributed by atoms with van der Waals surface area (Å²) in [4.78, 5) is 3.54. The van der Waals surface area contributed by atoms with E-state index >= 15 is 0 Å². The van der Waals surface area contributed by atoms with Gasteiger partial charge in [0.25, 0.3) is 0 Å². The molecule has 0 aliphatic carbocycles. The van der Waals surface area contributed by atoms with Crippen LogP contribution in [0.5, 0.6) is 0 Å². The summed E-state index contributed by atoms with van der Waals surface area (Å²) in [6.45, 7) is 0.148. The molecule has 3 nitrogen and oxygen atoms in total. The monoisotopic (exact) mass is 224 g/mol. The molecule has 1 unspecified atom stereocenters. The Morgan fingerprint density at radius 1 is 1.57 bits per heavy atom. The number of nitrogens with zero attached hydrogens (tertiary/aromatic N) is 1. The van der Waals surface area contributed by atoms with Crippen LogP contribution in [-0.2, 0) is 4.74 Å². The molecule has 0 amide bonds. The van der Waals surface area contributed by atoms with Crippen molar-refractivity contribution in [1.29, 1.82) is 0 Å². The van der Waals surface area contributed by atoms with E-state index in [9.17, 15) is 8.78 Å². The van der Waals surface area contributed by atoms with E-state index in [1.807, 2.05) is 0 Å². The minimum atomic E-state index is -0.746. The van der Waals surface area contributed by atoms with E-state index in [1.165, 1.54) is 7.11 Å². The molecule has 2 N–H and O–H groups in total. The van der Waals surface area contributed by atoms with Crippen LogP contribution >= 0.6 is 12.4 Å². The molecule has 0 aliphatic rings. The Labute approximate surface area is 86.7 Å². The molecule has 1 atom stereocenters. The summed E-state index contributed by atoms with van der Waals surface area (Å²) in [6.07, 6.45) is 0.925. The Kier molecular flexibility index (Phi) is 5.52. The lowest BCUT2D eigenvalue weighted by Crippen LogP contribution is -2.19. The molecule has 0 fully saturated rings. The van der Waals surface area contributed by atoms with Crippen molar-refractivity contribution in [3.8, 4) is 0 Å². The van der Waals surface area contributed by atoms with Crippen molar-refractivity contribution in [2.75, 3.05) is 13.7 Å². The molecule has 0 spiro atoms. The summed E-state index contributed by atoms with van der Waals surface area (Å²) in [5, 5.41) is 0. The number of aromatic nitrogens is 1. The number of methoxy groups -OCH3 is 1. The molecule has 1 aromatic rings. The number of rotatable bonds is 3. The Bertz CT molecular complexity index is 299. The van der Waals surface area contributed by atoms with Gasteiger partial charge in [-0.2, -0.15) is 0 Å². The highest BCUT2D eigenvalue weighted by molar-refractivity contribution is 5.85. The van der Waals surface area contributed by atoms with Crippen LogP contribution in [0.1, 0.15) is 11.7 Å². The van der Waals surface area contributed by atoms with E-state index in [0.717, 1.165) is 12.3 Å². The lowest BCUT2D eigenvalue weighted by atomic mass is 10.2. The first-order valence-corrected chi connectivity index (χ1v) is 3.70. The third kappa shape index (κ3) is 3.17. The molecule has 0 radical (unpaired) electrons. The SMILES string of the molecule is COCC(N)c1ncc(F)cc1F.Cl. The Morgan fingerprint density at radius 3 is 2.71 bits per heavy atom. The van der Waals surface area contributed by atoms with Gasteiger partial charge in [0.15, 0.2) is 0 Å². The zero-order valence-electron chi connectivity index (χ0n) is 7.54. The highest BCUT2D eigenvalue weighted by Gasteiger charge is 2.13. The van der Waals surface area contributed by atoms with Crippen LogP contribution in [0, 0.1) is 11.6 Å². The van der Waals surface area contributed by atoms with Crippen molar-refractivity contribution in [3.05, 3.63) is 29.6 Å². The van der Waals surface area contributed by atoms with Crippen LogP contribution in [0.4, 0.5) is 8.78 Å². The van der Waals surface area contributed by atoms with E-state index in [4.69, 9.17) is 10.5 Å². The average Bonchev–Trinajstić information content (AvgIpc) is 2.04. The van der Waals surface area contributed by atoms with E-state index < -0.39 is 17.7 Å². The molecule has 0 saturated carbocycles. The number of hydrogen-bond donors (Lipinski definition) is 1. The van der Waals surface area contributed by atoms with Crippen LogP contribution in [0.25, 0.3) is 0 Å². The molecule has 80 valence electrons. The van der Waals surface area contributed by atoms with Crippen LogP contribution < -0.4 is 5.73 Å².